The van der Waals surface area contributed by atoms with Gasteiger partial charge in [0.2, 0.25) is 11.8 Å². The van der Waals surface area contributed by atoms with Crippen LogP contribution in [0.1, 0.15) is 27.2 Å². The SMILES string of the molecule is CC(=O)NCCN1CC(NC(C)=O)CC(C(C)O)C1. The fraction of sp³-hybridized carbons (Fsp3) is 0.846. The fourth-order valence-electron chi connectivity index (χ4n) is 2.55. The molecule has 2 amide bonds. The van der Waals surface area contributed by atoms with Crippen LogP contribution in [0.3, 0.4) is 0 Å². The van der Waals surface area contributed by atoms with Crippen LogP contribution in [0.5, 0.6) is 0 Å². The van der Waals surface area contributed by atoms with Crippen LogP contribution < -0.4 is 10.6 Å². The van der Waals surface area contributed by atoms with E-state index in [1.54, 1.807) is 6.92 Å². The number of hydrogen-bond donors (Lipinski definition) is 3. The first-order valence-electron chi connectivity index (χ1n) is 6.80. The minimum absolute atomic E-state index is 0.0394. The molecule has 0 bridgehead atoms. The molecular formula is C13H25N3O3. The molecule has 0 aromatic carbocycles. The number of hydrogen-bond acceptors (Lipinski definition) is 4. The Labute approximate surface area is 114 Å². The predicted molar refractivity (Wildman–Crippen MR) is 72.5 cm³/mol. The van der Waals surface area contributed by atoms with E-state index in [1.165, 1.54) is 13.8 Å². The Kier molecular flexibility index (Phi) is 6.24. The summed E-state index contributed by atoms with van der Waals surface area (Å²) in [6, 6.07) is 0.0724. The first-order chi connectivity index (χ1) is 8.88. The maximum absolute atomic E-state index is 11.1. The minimum Gasteiger partial charge on any atom is -0.393 e. The molecule has 1 heterocycles. The van der Waals surface area contributed by atoms with E-state index >= 15 is 0 Å². The van der Waals surface area contributed by atoms with Crippen molar-refractivity contribution in [2.24, 2.45) is 5.92 Å². The number of aliphatic hydroxyl groups excluding tert-OH is 1. The van der Waals surface area contributed by atoms with Gasteiger partial charge in [0.25, 0.3) is 0 Å². The first kappa shape index (κ1) is 15.9. The van der Waals surface area contributed by atoms with Crippen molar-refractivity contribution >= 4 is 11.8 Å². The van der Waals surface area contributed by atoms with Gasteiger partial charge in [0.1, 0.15) is 0 Å². The molecule has 0 aromatic rings. The molecule has 3 unspecified atom stereocenters. The Balaban J connectivity index is 2.49. The Hall–Kier alpha value is -1.14. The lowest BCUT2D eigenvalue weighted by molar-refractivity contribution is -0.120. The third-order valence-corrected chi connectivity index (χ3v) is 3.45. The van der Waals surface area contributed by atoms with Crippen molar-refractivity contribution in [2.75, 3.05) is 26.2 Å². The van der Waals surface area contributed by atoms with Gasteiger partial charge in [0, 0.05) is 46.1 Å². The summed E-state index contributed by atoms with van der Waals surface area (Å²) in [5, 5.41) is 15.4. The zero-order chi connectivity index (χ0) is 14.4. The van der Waals surface area contributed by atoms with Crippen molar-refractivity contribution in [1.82, 2.24) is 15.5 Å². The summed E-state index contributed by atoms with van der Waals surface area (Å²) < 4.78 is 0. The van der Waals surface area contributed by atoms with E-state index in [0.29, 0.717) is 6.54 Å². The molecule has 1 rings (SSSR count). The van der Waals surface area contributed by atoms with Crippen molar-refractivity contribution in [2.45, 2.75) is 39.3 Å². The maximum Gasteiger partial charge on any atom is 0.217 e. The van der Waals surface area contributed by atoms with Crippen LogP contribution in [0.4, 0.5) is 0 Å². The first-order valence-corrected chi connectivity index (χ1v) is 6.80. The van der Waals surface area contributed by atoms with Gasteiger partial charge >= 0.3 is 0 Å². The van der Waals surface area contributed by atoms with E-state index < -0.39 is 0 Å². The zero-order valence-corrected chi connectivity index (χ0v) is 12.0. The summed E-state index contributed by atoms with van der Waals surface area (Å²) in [5.74, 6) is 0.0727. The van der Waals surface area contributed by atoms with E-state index in [4.69, 9.17) is 0 Å². The van der Waals surface area contributed by atoms with Crippen LogP contribution in [-0.2, 0) is 9.59 Å². The van der Waals surface area contributed by atoms with Crippen LogP contribution >= 0.6 is 0 Å². The number of aliphatic hydroxyl groups is 1. The molecule has 3 atom stereocenters. The Morgan fingerprint density at radius 3 is 2.53 bits per heavy atom. The summed E-state index contributed by atoms with van der Waals surface area (Å²) in [4.78, 5) is 24.2. The van der Waals surface area contributed by atoms with Gasteiger partial charge in [-0.15, -0.1) is 0 Å². The molecule has 6 nitrogen and oxygen atoms in total. The molecule has 0 spiro atoms. The molecule has 0 aliphatic carbocycles. The van der Waals surface area contributed by atoms with E-state index in [1.807, 2.05) is 0 Å². The minimum atomic E-state index is -0.389. The van der Waals surface area contributed by atoms with Gasteiger partial charge in [-0.1, -0.05) is 0 Å². The van der Waals surface area contributed by atoms with Crippen LogP contribution in [0.2, 0.25) is 0 Å². The van der Waals surface area contributed by atoms with E-state index in [0.717, 1.165) is 26.1 Å². The highest BCUT2D eigenvalue weighted by Gasteiger charge is 2.29. The Morgan fingerprint density at radius 2 is 2.00 bits per heavy atom. The quantitative estimate of drug-likeness (QED) is 0.619. The Bertz CT molecular complexity index is 320. The molecule has 0 radical (unpaired) electrons. The molecule has 1 fully saturated rings. The van der Waals surface area contributed by atoms with Gasteiger partial charge in [0.05, 0.1) is 6.10 Å². The molecule has 110 valence electrons. The molecule has 0 saturated carbocycles. The van der Waals surface area contributed by atoms with Gasteiger partial charge in [-0.25, -0.2) is 0 Å². The molecule has 1 aliphatic heterocycles. The number of carbonyl (C=O) groups excluding carboxylic acids is 2. The molecule has 6 heteroatoms. The Morgan fingerprint density at radius 1 is 1.32 bits per heavy atom. The lowest BCUT2D eigenvalue weighted by Crippen LogP contribution is -2.53. The predicted octanol–water partition coefficient (Wildman–Crippen LogP) is -0.670. The number of amides is 2. The number of likely N-dealkylation sites (tertiary alicyclic amines) is 1. The van der Waals surface area contributed by atoms with Crippen molar-refractivity contribution < 1.29 is 14.7 Å². The number of carbonyl (C=O) groups is 2. The van der Waals surface area contributed by atoms with Crippen LogP contribution in [0.25, 0.3) is 0 Å². The third kappa shape index (κ3) is 6.02. The molecule has 3 N–H and O–H groups in total. The summed E-state index contributed by atoms with van der Waals surface area (Å²) in [7, 11) is 0. The summed E-state index contributed by atoms with van der Waals surface area (Å²) in [6.45, 7) is 7.68. The van der Waals surface area contributed by atoms with Gasteiger partial charge in [-0.05, 0) is 19.3 Å². The smallest absolute Gasteiger partial charge is 0.217 e. The maximum atomic E-state index is 11.1. The van der Waals surface area contributed by atoms with Crippen molar-refractivity contribution in [3.63, 3.8) is 0 Å². The number of piperidine rings is 1. The van der Waals surface area contributed by atoms with Crippen LogP contribution in [-0.4, -0.2) is 60.1 Å². The van der Waals surface area contributed by atoms with Crippen LogP contribution in [0, 0.1) is 5.92 Å². The monoisotopic (exact) mass is 271 g/mol. The molecule has 1 aliphatic rings. The van der Waals surface area contributed by atoms with E-state index in [-0.39, 0.29) is 29.9 Å². The number of rotatable bonds is 5. The summed E-state index contributed by atoms with van der Waals surface area (Å²) in [5.41, 5.74) is 0. The van der Waals surface area contributed by atoms with Crippen molar-refractivity contribution in [3.8, 4) is 0 Å². The molecule has 19 heavy (non-hydrogen) atoms. The summed E-state index contributed by atoms with van der Waals surface area (Å²) >= 11 is 0. The van der Waals surface area contributed by atoms with Crippen LogP contribution in [0.15, 0.2) is 0 Å². The second kappa shape index (κ2) is 7.45. The molecule has 0 aromatic heterocycles. The highest BCUT2D eigenvalue weighted by molar-refractivity contribution is 5.73. The number of nitrogens with zero attached hydrogens (tertiary/aromatic N) is 1. The van der Waals surface area contributed by atoms with Gasteiger partial charge in [-0.3, -0.25) is 14.5 Å². The molecule has 1 saturated heterocycles. The van der Waals surface area contributed by atoms with E-state index in [9.17, 15) is 14.7 Å². The average Bonchev–Trinajstić information content (AvgIpc) is 2.27. The second-order valence-electron chi connectivity index (χ2n) is 5.38. The average molecular weight is 271 g/mol. The van der Waals surface area contributed by atoms with E-state index in [2.05, 4.69) is 15.5 Å². The van der Waals surface area contributed by atoms with Crippen molar-refractivity contribution in [1.29, 1.82) is 0 Å². The van der Waals surface area contributed by atoms with Gasteiger partial charge in [-0.2, -0.15) is 0 Å². The molecular weight excluding hydrogens is 246 g/mol. The lowest BCUT2D eigenvalue weighted by atomic mass is 9.90. The normalized spacial score (nSPS) is 25.7. The zero-order valence-electron chi connectivity index (χ0n) is 12.0. The standard InChI is InChI=1S/C13H25N3O3/c1-9(17)12-6-13(15-11(3)19)8-16(7-12)5-4-14-10(2)18/h9,12-13,17H,4-8H2,1-3H3,(H,14,18)(H,15,19). The lowest BCUT2D eigenvalue weighted by Gasteiger charge is -2.39. The summed E-state index contributed by atoms with van der Waals surface area (Å²) in [6.07, 6.45) is 0.410. The highest BCUT2D eigenvalue weighted by atomic mass is 16.3. The third-order valence-electron chi connectivity index (χ3n) is 3.45. The van der Waals surface area contributed by atoms with Crippen molar-refractivity contribution in [3.05, 3.63) is 0 Å². The number of nitrogens with one attached hydrogen (secondary N) is 2. The highest BCUT2D eigenvalue weighted by Crippen LogP contribution is 2.20. The topological polar surface area (TPSA) is 81.7 Å². The second-order valence-corrected chi connectivity index (χ2v) is 5.38. The van der Waals surface area contributed by atoms with Gasteiger partial charge in [0.15, 0.2) is 0 Å². The largest absolute Gasteiger partial charge is 0.393 e. The van der Waals surface area contributed by atoms with Gasteiger partial charge < -0.3 is 15.7 Å². The fourth-order valence-corrected chi connectivity index (χ4v) is 2.55.